The monoisotopic (exact) mass is 523 g/mol. The molecule has 0 amide bonds. The number of hydrogen-bond donors (Lipinski definition) is 1. The second-order valence-corrected chi connectivity index (χ2v) is 10.5. The summed E-state index contributed by atoms with van der Waals surface area (Å²) in [5.41, 5.74) is 9.54. The van der Waals surface area contributed by atoms with E-state index in [0.717, 1.165) is 22.4 Å². The van der Waals surface area contributed by atoms with E-state index in [0.29, 0.717) is 0 Å². The van der Waals surface area contributed by atoms with Crippen LogP contribution in [0.15, 0.2) is 158 Å². The lowest BCUT2D eigenvalue weighted by Gasteiger charge is -2.16. The van der Waals surface area contributed by atoms with Gasteiger partial charge in [0.1, 0.15) is 5.69 Å². The molecule has 0 aliphatic heterocycles. The molecule has 0 saturated heterocycles. The molecule has 41 heavy (non-hydrogen) atoms. The van der Waals surface area contributed by atoms with Crippen LogP contribution in [0.3, 0.4) is 0 Å². The highest BCUT2D eigenvalue weighted by Gasteiger charge is 2.27. The minimum absolute atomic E-state index is 1.07. The zero-order chi connectivity index (χ0) is 27.2. The topological polar surface area (TPSA) is 19.7 Å². The summed E-state index contributed by atoms with van der Waals surface area (Å²) in [4.78, 5) is 3.74. The Morgan fingerprint density at radius 3 is 1.46 bits per heavy atom. The zero-order valence-electron chi connectivity index (χ0n) is 22.5. The third kappa shape index (κ3) is 3.84. The van der Waals surface area contributed by atoms with Crippen LogP contribution >= 0.6 is 0 Å². The predicted octanol–water partition coefficient (Wildman–Crippen LogP) is 9.75. The summed E-state index contributed by atoms with van der Waals surface area (Å²) in [7, 11) is 0. The van der Waals surface area contributed by atoms with Crippen molar-refractivity contribution < 1.29 is 4.57 Å². The first-order chi connectivity index (χ1) is 20.4. The number of fused-ring (bicyclic) bond motifs is 3. The van der Waals surface area contributed by atoms with Gasteiger partial charge in [-0.25, -0.2) is 4.98 Å². The van der Waals surface area contributed by atoms with Crippen LogP contribution in [0.4, 0.5) is 0 Å². The number of nitrogens with zero attached hydrogens (tertiary/aromatic N) is 1. The molecular formula is C39H27N2+. The van der Waals surface area contributed by atoms with E-state index in [1.165, 1.54) is 49.5 Å². The smallest absolute Gasteiger partial charge is 0.236 e. The van der Waals surface area contributed by atoms with E-state index in [1.807, 2.05) is 0 Å². The Morgan fingerprint density at radius 2 is 0.829 bits per heavy atom. The number of aromatic amines is 1. The molecule has 192 valence electrons. The van der Waals surface area contributed by atoms with Crippen molar-refractivity contribution in [2.24, 2.45) is 0 Å². The second-order valence-electron chi connectivity index (χ2n) is 10.5. The van der Waals surface area contributed by atoms with Crippen LogP contribution < -0.4 is 4.57 Å². The van der Waals surface area contributed by atoms with Crippen LogP contribution in [-0.4, -0.2) is 4.98 Å². The third-order valence-electron chi connectivity index (χ3n) is 8.08. The molecule has 0 aliphatic rings. The molecule has 2 heteroatoms. The van der Waals surface area contributed by atoms with Crippen molar-refractivity contribution in [1.29, 1.82) is 0 Å². The molecule has 0 atom stereocenters. The van der Waals surface area contributed by atoms with E-state index in [4.69, 9.17) is 0 Å². The molecule has 0 bridgehead atoms. The fourth-order valence-corrected chi connectivity index (χ4v) is 6.23. The number of rotatable bonds is 4. The number of nitrogens with one attached hydrogen (secondary N) is 1. The van der Waals surface area contributed by atoms with Gasteiger partial charge in [0.05, 0.1) is 5.56 Å². The van der Waals surface area contributed by atoms with Gasteiger partial charge >= 0.3 is 0 Å². The fraction of sp³-hybridized carbons (Fsp3) is 0. The van der Waals surface area contributed by atoms with Crippen molar-refractivity contribution in [3.63, 3.8) is 0 Å². The van der Waals surface area contributed by atoms with Crippen molar-refractivity contribution in [2.75, 3.05) is 0 Å². The maximum atomic E-state index is 3.74. The molecule has 0 unspecified atom stereocenters. The molecule has 1 N–H and O–H groups in total. The Kier molecular flexibility index (Phi) is 5.49. The molecule has 0 aliphatic carbocycles. The third-order valence-corrected chi connectivity index (χ3v) is 8.08. The second kappa shape index (κ2) is 9.62. The number of aromatic nitrogens is 2. The SMILES string of the molecule is c1ccc(-c2ccc(-c3c4ccccc4c(-[n+]4c(-c5ccccc5)[nH]c5ccccc54)c4ccccc34)cc2)cc1. The van der Waals surface area contributed by atoms with Gasteiger partial charge in [0, 0.05) is 10.8 Å². The largest absolute Gasteiger partial charge is 0.292 e. The number of H-pyrrole nitrogens is 1. The van der Waals surface area contributed by atoms with Crippen LogP contribution in [0.1, 0.15) is 0 Å². The molecule has 8 aromatic rings. The van der Waals surface area contributed by atoms with Crippen molar-refractivity contribution in [3.8, 4) is 39.3 Å². The average molecular weight is 524 g/mol. The Labute approximate surface area is 238 Å². The van der Waals surface area contributed by atoms with Gasteiger partial charge < -0.3 is 0 Å². The lowest BCUT2D eigenvalue weighted by molar-refractivity contribution is -0.551. The van der Waals surface area contributed by atoms with Crippen molar-refractivity contribution in [1.82, 2.24) is 4.98 Å². The van der Waals surface area contributed by atoms with Crippen LogP contribution in [0, 0.1) is 0 Å². The minimum atomic E-state index is 1.07. The highest BCUT2D eigenvalue weighted by atomic mass is 15.1. The molecule has 0 radical (unpaired) electrons. The molecule has 7 aromatic carbocycles. The summed E-state index contributed by atoms with van der Waals surface area (Å²) < 4.78 is 2.41. The van der Waals surface area contributed by atoms with Crippen LogP contribution in [0.2, 0.25) is 0 Å². The summed E-state index contributed by atoms with van der Waals surface area (Å²) >= 11 is 0. The van der Waals surface area contributed by atoms with E-state index in [2.05, 4.69) is 167 Å². The van der Waals surface area contributed by atoms with E-state index >= 15 is 0 Å². The maximum absolute atomic E-state index is 3.74. The van der Waals surface area contributed by atoms with E-state index in [-0.39, 0.29) is 0 Å². The zero-order valence-corrected chi connectivity index (χ0v) is 22.5. The summed E-state index contributed by atoms with van der Waals surface area (Å²) in [5, 5.41) is 4.93. The molecular weight excluding hydrogens is 496 g/mol. The lowest BCUT2D eigenvalue weighted by atomic mass is 9.89. The van der Waals surface area contributed by atoms with E-state index in [1.54, 1.807) is 0 Å². The number of para-hydroxylation sites is 2. The maximum Gasteiger partial charge on any atom is 0.292 e. The van der Waals surface area contributed by atoms with E-state index in [9.17, 15) is 0 Å². The highest BCUT2D eigenvalue weighted by Crippen LogP contribution is 2.41. The summed E-state index contributed by atoms with van der Waals surface area (Å²) in [6, 6.07) is 56.5. The fourth-order valence-electron chi connectivity index (χ4n) is 6.23. The average Bonchev–Trinajstić information content (AvgIpc) is 3.44. The van der Waals surface area contributed by atoms with Gasteiger partial charge in [0.25, 0.3) is 5.82 Å². The number of benzene rings is 7. The molecule has 1 heterocycles. The van der Waals surface area contributed by atoms with Gasteiger partial charge in [-0.1, -0.05) is 133 Å². The summed E-state index contributed by atoms with van der Waals surface area (Å²) in [6.45, 7) is 0. The first kappa shape index (κ1) is 23.4. The van der Waals surface area contributed by atoms with Gasteiger partial charge in [-0.15, -0.1) is 0 Å². The number of hydrogen-bond acceptors (Lipinski definition) is 0. The Morgan fingerprint density at radius 1 is 0.366 bits per heavy atom. The van der Waals surface area contributed by atoms with Crippen LogP contribution in [0.25, 0.3) is 71.9 Å². The molecule has 0 fully saturated rings. The normalized spacial score (nSPS) is 11.4. The first-order valence-electron chi connectivity index (χ1n) is 14.0. The molecule has 2 nitrogen and oxygen atoms in total. The van der Waals surface area contributed by atoms with Gasteiger partial charge in [-0.2, -0.15) is 4.57 Å². The number of imidazole rings is 1. The Hall–Kier alpha value is -5.47. The lowest BCUT2D eigenvalue weighted by Crippen LogP contribution is -2.32. The molecule has 0 saturated carbocycles. The van der Waals surface area contributed by atoms with Crippen molar-refractivity contribution >= 4 is 32.6 Å². The van der Waals surface area contributed by atoms with Gasteiger partial charge in [-0.05, 0) is 57.3 Å². The minimum Gasteiger partial charge on any atom is -0.236 e. The standard InChI is InChI=1S/C39H26N2/c1-3-13-27(14-4-1)28-23-25-29(26-24-28)37-31-17-7-9-19-33(31)38(34-20-10-8-18-32(34)37)41-36-22-12-11-21-35(36)40-39(41)30-15-5-2-6-16-30/h1-26H/p+1. The molecule has 8 rings (SSSR count). The van der Waals surface area contributed by atoms with Crippen LogP contribution in [-0.2, 0) is 0 Å². The molecule has 0 spiro atoms. The Bertz CT molecular complexity index is 2120. The van der Waals surface area contributed by atoms with Gasteiger partial charge in [-0.3, -0.25) is 0 Å². The van der Waals surface area contributed by atoms with Crippen molar-refractivity contribution in [2.45, 2.75) is 0 Å². The predicted molar refractivity (Wildman–Crippen MR) is 171 cm³/mol. The van der Waals surface area contributed by atoms with Crippen LogP contribution in [0.5, 0.6) is 0 Å². The quantitative estimate of drug-likeness (QED) is 0.175. The van der Waals surface area contributed by atoms with Crippen molar-refractivity contribution in [3.05, 3.63) is 158 Å². The van der Waals surface area contributed by atoms with Gasteiger partial charge in [0.2, 0.25) is 0 Å². The summed E-state index contributed by atoms with van der Waals surface area (Å²) in [5.74, 6) is 1.07. The summed E-state index contributed by atoms with van der Waals surface area (Å²) in [6.07, 6.45) is 0. The van der Waals surface area contributed by atoms with E-state index < -0.39 is 0 Å². The highest BCUT2D eigenvalue weighted by molar-refractivity contribution is 6.17. The van der Waals surface area contributed by atoms with Gasteiger partial charge in [0.15, 0.2) is 11.0 Å². The molecule has 1 aromatic heterocycles. The first-order valence-corrected chi connectivity index (χ1v) is 14.0. The Balaban J connectivity index is 1.45.